The highest BCUT2D eigenvalue weighted by molar-refractivity contribution is 5.46. The fourth-order valence-corrected chi connectivity index (χ4v) is 1.77. The fourth-order valence-electron chi connectivity index (χ4n) is 1.77. The van der Waals surface area contributed by atoms with Crippen LogP contribution in [0.2, 0.25) is 0 Å². The normalized spacial score (nSPS) is 23.7. The molecule has 0 aliphatic carbocycles. The molecule has 2 N–H and O–H groups in total. The Labute approximate surface area is 99.5 Å². The van der Waals surface area contributed by atoms with Crippen LogP contribution in [0.1, 0.15) is 5.56 Å². The van der Waals surface area contributed by atoms with Crippen molar-refractivity contribution >= 4 is 0 Å². The molecule has 0 amide bonds. The van der Waals surface area contributed by atoms with Gasteiger partial charge in [-0.05, 0) is 6.07 Å². The summed E-state index contributed by atoms with van der Waals surface area (Å²) in [6, 6.07) is 5.27. The van der Waals surface area contributed by atoms with Crippen molar-refractivity contribution in [3.8, 4) is 11.5 Å². The van der Waals surface area contributed by atoms with Crippen molar-refractivity contribution in [3.05, 3.63) is 23.8 Å². The van der Waals surface area contributed by atoms with Gasteiger partial charge in [0.1, 0.15) is 6.10 Å². The molecule has 1 fully saturated rings. The van der Waals surface area contributed by atoms with E-state index in [0.29, 0.717) is 23.7 Å². The van der Waals surface area contributed by atoms with Gasteiger partial charge >= 0.3 is 0 Å². The smallest absolute Gasteiger partial charge is 0.167 e. The molecule has 1 heterocycles. The summed E-state index contributed by atoms with van der Waals surface area (Å²) in [5.41, 5.74) is 0.628. The highest BCUT2D eigenvalue weighted by atomic mass is 16.6. The number of aliphatic hydroxyl groups excluding tert-OH is 2. The Morgan fingerprint density at radius 1 is 1.41 bits per heavy atom. The molecule has 0 saturated carbocycles. The van der Waals surface area contributed by atoms with Gasteiger partial charge in [-0.25, -0.2) is 0 Å². The summed E-state index contributed by atoms with van der Waals surface area (Å²) in [4.78, 5) is 0. The molecule has 0 radical (unpaired) electrons. The van der Waals surface area contributed by atoms with Crippen molar-refractivity contribution in [2.24, 2.45) is 0 Å². The van der Waals surface area contributed by atoms with Crippen LogP contribution in [0.3, 0.4) is 0 Å². The number of hydrogen-bond donors (Lipinski definition) is 2. The van der Waals surface area contributed by atoms with Gasteiger partial charge in [0, 0.05) is 5.56 Å². The summed E-state index contributed by atoms with van der Waals surface area (Å²) in [6.07, 6.45) is -1.07. The molecule has 1 aliphatic rings. The van der Waals surface area contributed by atoms with Crippen molar-refractivity contribution in [2.45, 2.75) is 18.8 Å². The van der Waals surface area contributed by atoms with E-state index in [2.05, 4.69) is 0 Å². The van der Waals surface area contributed by atoms with Crippen molar-refractivity contribution in [2.75, 3.05) is 20.3 Å². The summed E-state index contributed by atoms with van der Waals surface area (Å²) >= 11 is 0. The first-order valence-corrected chi connectivity index (χ1v) is 5.45. The number of benzene rings is 1. The molecule has 1 aromatic carbocycles. The van der Waals surface area contributed by atoms with E-state index < -0.39 is 12.2 Å². The Morgan fingerprint density at radius 3 is 2.82 bits per heavy atom. The number of para-hydroxylation sites is 1. The van der Waals surface area contributed by atoms with Crippen LogP contribution in [-0.4, -0.2) is 42.7 Å². The zero-order valence-corrected chi connectivity index (χ0v) is 9.63. The van der Waals surface area contributed by atoms with Gasteiger partial charge in [0.15, 0.2) is 17.6 Å². The van der Waals surface area contributed by atoms with Crippen LogP contribution < -0.4 is 9.47 Å². The van der Waals surface area contributed by atoms with E-state index in [1.807, 2.05) is 0 Å². The lowest BCUT2D eigenvalue weighted by molar-refractivity contribution is 0.0698. The van der Waals surface area contributed by atoms with Crippen LogP contribution in [0.25, 0.3) is 0 Å². The number of rotatable bonds is 4. The van der Waals surface area contributed by atoms with Crippen molar-refractivity contribution < 1.29 is 24.4 Å². The zero-order valence-electron chi connectivity index (χ0n) is 9.63. The molecule has 5 nitrogen and oxygen atoms in total. The first kappa shape index (κ1) is 12.2. The Morgan fingerprint density at radius 2 is 2.24 bits per heavy atom. The summed E-state index contributed by atoms with van der Waals surface area (Å²) in [5, 5.41) is 18.9. The predicted octanol–water partition coefficient (Wildman–Crippen LogP) is 0.326. The quantitative estimate of drug-likeness (QED) is 0.793. The van der Waals surface area contributed by atoms with Gasteiger partial charge < -0.3 is 24.4 Å². The van der Waals surface area contributed by atoms with E-state index in [-0.39, 0.29) is 13.2 Å². The molecular formula is C12H16O5. The average Bonchev–Trinajstić information content (AvgIpc) is 2.75. The second-order valence-corrected chi connectivity index (χ2v) is 3.87. The first-order chi connectivity index (χ1) is 8.26. The van der Waals surface area contributed by atoms with E-state index in [4.69, 9.17) is 14.2 Å². The first-order valence-electron chi connectivity index (χ1n) is 5.45. The Bertz CT molecular complexity index is 357. The molecule has 0 bridgehead atoms. The van der Waals surface area contributed by atoms with Crippen LogP contribution in [0.4, 0.5) is 0 Å². The van der Waals surface area contributed by atoms with E-state index >= 15 is 0 Å². The summed E-state index contributed by atoms with van der Waals surface area (Å²) in [7, 11) is 1.53. The van der Waals surface area contributed by atoms with E-state index in [1.165, 1.54) is 7.11 Å². The van der Waals surface area contributed by atoms with Crippen LogP contribution in [-0.2, 0) is 11.3 Å². The molecule has 1 saturated heterocycles. The molecule has 2 atom stereocenters. The average molecular weight is 240 g/mol. The number of methoxy groups -OCH3 is 1. The minimum absolute atomic E-state index is 0.143. The molecule has 94 valence electrons. The lowest BCUT2D eigenvalue weighted by Gasteiger charge is -2.19. The third kappa shape index (κ3) is 2.52. The summed E-state index contributed by atoms with van der Waals surface area (Å²) < 4.78 is 16.0. The minimum Gasteiger partial charge on any atom is -0.493 e. The predicted molar refractivity (Wildman–Crippen MR) is 60.2 cm³/mol. The van der Waals surface area contributed by atoms with E-state index in [9.17, 15) is 10.2 Å². The number of ether oxygens (including phenoxy) is 3. The van der Waals surface area contributed by atoms with Gasteiger partial charge in [0.2, 0.25) is 0 Å². The summed E-state index contributed by atoms with van der Waals surface area (Å²) in [5.74, 6) is 1.00. The lowest BCUT2D eigenvalue weighted by Crippen LogP contribution is -2.30. The molecule has 0 spiro atoms. The highest BCUT2D eigenvalue weighted by Gasteiger charge is 2.29. The van der Waals surface area contributed by atoms with Gasteiger partial charge in [-0.2, -0.15) is 0 Å². The number of aliphatic hydroxyl groups is 2. The molecule has 1 aromatic rings. The van der Waals surface area contributed by atoms with Crippen molar-refractivity contribution in [1.29, 1.82) is 0 Å². The standard InChI is InChI=1S/C12H16O5/c1-15-10-4-2-3-8(5-13)12(10)17-11-7-16-6-9(11)14/h2-4,9,11,13-14H,5-7H2,1H3. The number of hydrogen-bond acceptors (Lipinski definition) is 5. The van der Waals surface area contributed by atoms with Gasteiger partial charge in [0.05, 0.1) is 26.9 Å². The highest BCUT2D eigenvalue weighted by Crippen LogP contribution is 2.33. The van der Waals surface area contributed by atoms with E-state index in [1.54, 1.807) is 18.2 Å². The molecule has 17 heavy (non-hydrogen) atoms. The fraction of sp³-hybridized carbons (Fsp3) is 0.500. The second-order valence-electron chi connectivity index (χ2n) is 3.87. The van der Waals surface area contributed by atoms with Crippen LogP contribution in [0.15, 0.2) is 18.2 Å². The van der Waals surface area contributed by atoms with E-state index in [0.717, 1.165) is 0 Å². The largest absolute Gasteiger partial charge is 0.493 e. The Balaban J connectivity index is 2.23. The third-order valence-electron chi connectivity index (χ3n) is 2.72. The summed E-state index contributed by atoms with van der Waals surface area (Å²) in [6.45, 7) is 0.467. The Hall–Kier alpha value is -1.30. The maximum atomic E-state index is 9.62. The lowest BCUT2D eigenvalue weighted by atomic mass is 10.2. The van der Waals surface area contributed by atoms with Gasteiger partial charge in [-0.1, -0.05) is 12.1 Å². The van der Waals surface area contributed by atoms with Crippen molar-refractivity contribution in [3.63, 3.8) is 0 Å². The molecule has 2 rings (SSSR count). The maximum Gasteiger partial charge on any atom is 0.167 e. The molecule has 1 aliphatic heterocycles. The minimum atomic E-state index is -0.647. The monoisotopic (exact) mass is 240 g/mol. The molecule has 5 heteroatoms. The molecular weight excluding hydrogens is 224 g/mol. The SMILES string of the molecule is COc1cccc(CO)c1OC1COCC1O. The van der Waals surface area contributed by atoms with Crippen LogP contribution in [0.5, 0.6) is 11.5 Å². The zero-order chi connectivity index (χ0) is 12.3. The molecule has 2 unspecified atom stereocenters. The topological polar surface area (TPSA) is 68.2 Å². The maximum absolute atomic E-state index is 9.62. The van der Waals surface area contributed by atoms with Gasteiger partial charge in [-0.15, -0.1) is 0 Å². The Kier molecular flexibility index (Phi) is 3.83. The van der Waals surface area contributed by atoms with Gasteiger partial charge in [-0.3, -0.25) is 0 Å². The van der Waals surface area contributed by atoms with Crippen molar-refractivity contribution in [1.82, 2.24) is 0 Å². The second kappa shape index (κ2) is 5.35. The van der Waals surface area contributed by atoms with Gasteiger partial charge in [0.25, 0.3) is 0 Å². The third-order valence-corrected chi connectivity index (χ3v) is 2.72. The van der Waals surface area contributed by atoms with Crippen LogP contribution >= 0.6 is 0 Å². The van der Waals surface area contributed by atoms with Crippen LogP contribution in [0, 0.1) is 0 Å². The molecule has 0 aromatic heterocycles.